The number of aryl methyl sites for hydroxylation is 1. The Morgan fingerprint density at radius 2 is 1.88 bits per heavy atom. The fourth-order valence-corrected chi connectivity index (χ4v) is 4.08. The number of anilines is 4. The van der Waals surface area contributed by atoms with Crippen molar-refractivity contribution in [3.05, 3.63) is 67.9 Å². The summed E-state index contributed by atoms with van der Waals surface area (Å²) >= 11 is 12.0. The predicted molar refractivity (Wildman–Crippen MR) is 127 cm³/mol. The van der Waals surface area contributed by atoms with E-state index in [1.165, 1.54) is 7.11 Å². The van der Waals surface area contributed by atoms with Gasteiger partial charge in [-0.25, -0.2) is 0 Å². The largest absolute Gasteiger partial charge is 0.495 e. The van der Waals surface area contributed by atoms with E-state index in [0.717, 1.165) is 5.56 Å². The van der Waals surface area contributed by atoms with E-state index in [9.17, 15) is 14.4 Å². The van der Waals surface area contributed by atoms with Crippen LogP contribution in [0.15, 0.2) is 41.2 Å². The quantitative estimate of drug-likeness (QED) is 0.427. The van der Waals surface area contributed by atoms with Gasteiger partial charge >= 0.3 is 0 Å². The molecule has 0 spiro atoms. The van der Waals surface area contributed by atoms with Gasteiger partial charge in [0.05, 0.1) is 24.3 Å². The third-order valence-electron chi connectivity index (χ3n) is 5.01. The van der Waals surface area contributed by atoms with E-state index in [4.69, 9.17) is 27.9 Å². The molecule has 1 aliphatic heterocycles. The number of H-pyrrole nitrogens is 1. The summed E-state index contributed by atoms with van der Waals surface area (Å²) < 4.78 is 5.29. The lowest BCUT2D eigenvalue weighted by molar-refractivity contribution is -0.123. The topological polar surface area (TPSA) is 125 Å². The number of rotatable bonds is 5. The summed E-state index contributed by atoms with van der Waals surface area (Å²) in [4.78, 5) is 45.2. The lowest BCUT2D eigenvalue weighted by Crippen LogP contribution is -2.36. The number of carbonyl (C=O) groups is 2. The van der Waals surface area contributed by atoms with E-state index in [1.54, 1.807) is 30.3 Å². The monoisotopic (exact) mass is 487 g/mol. The van der Waals surface area contributed by atoms with Crippen molar-refractivity contribution in [1.82, 2.24) is 9.97 Å². The maximum absolute atomic E-state index is 13.1. The van der Waals surface area contributed by atoms with E-state index >= 15 is 0 Å². The van der Waals surface area contributed by atoms with Crippen LogP contribution in [0.4, 0.5) is 23.1 Å². The number of fused-ring (bicyclic) bond motifs is 1. The van der Waals surface area contributed by atoms with Crippen LogP contribution in [0, 0.1) is 6.92 Å². The number of nitrogens with one attached hydrogen (secondary N) is 4. The first kappa shape index (κ1) is 22.6. The molecule has 2 amide bonds. The summed E-state index contributed by atoms with van der Waals surface area (Å²) in [5.41, 5.74) is 1.33. The highest BCUT2D eigenvalue weighted by Crippen LogP contribution is 2.32. The second kappa shape index (κ2) is 9.13. The van der Waals surface area contributed by atoms with Gasteiger partial charge in [0.2, 0.25) is 17.8 Å². The Morgan fingerprint density at radius 1 is 1.15 bits per heavy atom. The molecule has 1 atom stereocenters. The predicted octanol–water partition coefficient (Wildman–Crippen LogP) is 4.20. The van der Waals surface area contributed by atoms with Gasteiger partial charge in [0.15, 0.2) is 0 Å². The van der Waals surface area contributed by atoms with Crippen molar-refractivity contribution in [3.8, 4) is 5.75 Å². The molecule has 170 valence electrons. The van der Waals surface area contributed by atoms with Crippen LogP contribution in [-0.4, -0.2) is 28.9 Å². The molecule has 1 aromatic heterocycles. The Bertz CT molecular complexity index is 1300. The third kappa shape index (κ3) is 4.94. The normalized spacial score (nSPS) is 14.8. The van der Waals surface area contributed by atoms with Crippen LogP contribution in [0.5, 0.6) is 5.75 Å². The van der Waals surface area contributed by atoms with Crippen LogP contribution < -0.4 is 26.2 Å². The first-order valence-electron chi connectivity index (χ1n) is 9.86. The van der Waals surface area contributed by atoms with Gasteiger partial charge in [0.25, 0.3) is 5.56 Å². The van der Waals surface area contributed by atoms with Gasteiger partial charge in [0.1, 0.15) is 11.6 Å². The lowest BCUT2D eigenvalue weighted by atomic mass is 9.92. The second-order valence-electron chi connectivity index (χ2n) is 7.46. The number of ether oxygens (including phenoxy) is 1. The summed E-state index contributed by atoms with van der Waals surface area (Å²) in [6.07, 6.45) is -0.200. The van der Waals surface area contributed by atoms with Crippen molar-refractivity contribution in [1.29, 1.82) is 0 Å². The smallest absolute Gasteiger partial charge is 0.258 e. The Morgan fingerprint density at radius 3 is 2.58 bits per heavy atom. The highest BCUT2D eigenvalue weighted by atomic mass is 35.5. The van der Waals surface area contributed by atoms with Crippen LogP contribution in [0.1, 0.15) is 23.5 Å². The molecule has 4 N–H and O–H groups in total. The maximum atomic E-state index is 13.1. The Kier molecular flexibility index (Phi) is 6.26. The highest BCUT2D eigenvalue weighted by Gasteiger charge is 2.35. The van der Waals surface area contributed by atoms with Gasteiger partial charge in [-0.3, -0.25) is 19.4 Å². The molecule has 2 aromatic carbocycles. The Balaban J connectivity index is 1.66. The number of aromatic nitrogens is 2. The van der Waals surface area contributed by atoms with Crippen molar-refractivity contribution in [2.45, 2.75) is 19.3 Å². The van der Waals surface area contributed by atoms with E-state index in [0.29, 0.717) is 27.2 Å². The third-order valence-corrected chi connectivity index (χ3v) is 5.44. The summed E-state index contributed by atoms with van der Waals surface area (Å²) in [6, 6.07) is 10.1. The fraction of sp³-hybridized carbons (Fsp3) is 0.182. The molecular formula is C22H19Cl2N5O4. The minimum Gasteiger partial charge on any atom is -0.495 e. The van der Waals surface area contributed by atoms with Gasteiger partial charge in [-0.1, -0.05) is 29.3 Å². The van der Waals surface area contributed by atoms with Crippen molar-refractivity contribution in [3.63, 3.8) is 0 Å². The van der Waals surface area contributed by atoms with Crippen LogP contribution in [0.3, 0.4) is 0 Å². The Labute approximate surface area is 198 Å². The molecule has 9 nitrogen and oxygen atoms in total. The number of aromatic amines is 1. The zero-order chi connectivity index (χ0) is 23.7. The van der Waals surface area contributed by atoms with Crippen LogP contribution in [0.25, 0.3) is 0 Å². The number of carbonyl (C=O) groups excluding carboxylic acids is 2. The number of hydrogen-bond acceptors (Lipinski definition) is 6. The minimum absolute atomic E-state index is 0.00184. The number of hydrogen-bond donors (Lipinski definition) is 4. The fourth-order valence-electron chi connectivity index (χ4n) is 3.56. The molecule has 0 bridgehead atoms. The molecular weight excluding hydrogens is 469 g/mol. The molecule has 0 saturated heterocycles. The summed E-state index contributed by atoms with van der Waals surface area (Å²) in [5, 5.41) is 9.00. The molecule has 0 fully saturated rings. The molecule has 4 rings (SSSR count). The molecule has 0 saturated carbocycles. The molecule has 1 unspecified atom stereocenters. The first-order valence-corrected chi connectivity index (χ1v) is 10.6. The molecule has 0 aliphatic carbocycles. The van der Waals surface area contributed by atoms with Gasteiger partial charge in [0, 0.05) is 22.2 Å². The summed E-state index contributed by atoms with van der Waals surface area (Å²) in [7, 11) is 1.49. The number of halogens is 2. The molecule has 0 radical (unpaired) electrons. The van der Waals surface area contributed by atoms with E-state index in [1.807, 2.05) is 13.0 Å². The average molecular weight is 488 g/mol. The number of methoxy groups -OCH3 is 1. The van der Waals surface area contributed by atoms with E-state index in [2.05, 4.69) is 25.9 Å². The first-order chi connectivity index (χ1) is 15.7. The lowest BCUT2D eigenvalue weighted by Gasteiger charge is -2.24. The zero-order valence-electron chi connectivity index (χ0n) is 17.6. The molecule has 1 aliphatic rings. The number of benzene rings is 2. The average Bonchev–Trinajstić information content (AvgIpc) is 2.72. The zero-order valence-corrected chi connectivity index (χ0v) is 19.1. The van der Waals surface area contributed by atoms with Crippen molar-refractivity contribution in [2.75, 3.05) is 23.1 Å². The van der Waals surface area contributed by atoms with E-state index in [-0.39, 0.29) is 23.8 Å². The van der Waals surface area contributed by atoms with Crippen molar-refractivity contribution < 1.29 is 14.3 Å². The van der Waals surface area contributed by atoms with E-state index < -0.39 is 23.3 Å². The second-order valence-corrected chi connectivity index (χ2v) is 8.33. The van der Waals surface area contributed by atoms with Gasteiger partial charge in [-0.15, -0.1) is 0 Å². The summed E-state index contributed by atoms with van der Waals surface area (Å²) in [6.45, 7) is 1.87. The number of amides is 2. The molecule has 11 heteroatoms. The Hall–Kier alpha value is -3.56. The van der Waals surface area contributed by atoms with Crippen LogP contribution >= 0.6 is 23.2 Å². The number of nitrogens with zero attached hydrogens (tertiary/aromatic N) is 1. The van der Waals surface area contributed by atoms with Gasteiger partial charge in [-0.2, -0.15) is 4.98 Å². The SMILES string of the molecule is COc1ccc(C)cc1NC(=O)C1CC(=O)Nc2nc(Nc3cc(Cl)cc(Cl)c3)[nH]c(=O)c21. The van der Waals surface area contributed by atoms with Crippen LogP contribution in [-0.2, 0) is 9.59 Å². The minimum atomic E-state index is -1.04. The maximum Gasteiger partial charge on any atom is 0.258 e. The van der Waals surface area contributed by atoms with Gasteiger partial charge in [-0.05, 0) is 42.8 Å². The standard InChI is InChI=1S/C22H19Cl2N5O4/c1-10-3-4-16(33-2)15(5-10)26-20(31)14-9-17(30)27-19-18(14)21(32)29-22(28-19)25-13-7-11(23)6-12(24)8-13/h3-8,14H,9H2,1-2H3,(H,26,31)(H3,25,27,28,29,30,32). The van der Waals surface area contributed by atoms with Gasteiger partial charge < -0.3 is 20.7 Å². The molecule has 3 aromatic rings. The highest BCUT2D eigenvalue weighted by molar-refractivity contribution is 6.35. The van der Waals surface area contributed by atoms with Crippen molar-refractivity contribution in [2.24, 2.45) is 0 Å². The van der Waals surface area contributed by atoms with Crippen molar-refractivity contribution >= 4 is 58.2 Å². The summed E-state index contributed by atoms with van der Waals surface area (Å²) in [5.74, 6) is -1.48. The van der Waals surface area contributed by atoms with Crippen LogP contribution in [0.2, 0.25) is 10.0 Å². The molecule has 33 heavy (non-hydrogen) atoms. The molecule has 2 heterocycles.